The van der Waals surface area contributed by atoms with Gasteiger partial charge in [0, 0.05) is 25.3 Å². The van der Waals surface area contributed by atoms with Crippen molar-refractivity contribution in [3.63, 3.8) is 0 Å². The summed E-state index contributed by atoms with van der Waals surface area (Å²) in [6.07, 6.45) is 6.72. The molecule has 1 N–H and O–H groups in total. The topological polar surface area (TPSA) is 75.9 Å². The van der Waals surface area contributed by atoms with Crippen LogP contribution in [0.5, 0.6) is 0 Å². The van der Waals surface area contributed by atoms with Gasteiger partial charge in [-0.25, -0.2) is 4.98 Å². The molecule has 0 bridgehead atoms. The second-order valence-corrected chi connectivity index (χ2v) is 6.87. The fourth-order valence-corrected chi connectivity index (χ4v) is 3.40. The van der Waals surface area contributed by atoms with Gasteiger partial charge in [0.1, 0.15) is 5.82 Å². The number of halogens is 1. The molecular formula is C19H19ClN6O. The van der Waals surface area contributed by atoms with Crippen molar-refractivity contribution in [2.24, 2.45) is 0 Å². The van der Waals surface area contributed by atoms with E-state index in [4.69, 9.17) is 11.6 Å². The number of para-hydroxylation sites is 1. The number of rotatable bonds is 4. The van der Waals surface area contributed by atoms with E-state index in [9.17, 15) is 4.79 Å². The molecule has 0 saturated carbocycles. The van der Waals surface area contributed by atoms with Crippen molar-refractivity contribution >= 4 is 23.3 Å². The second kappa shape index (κ2) is 7.75. The number of hydrogen-bond acceptors (Lipinski definition) is 5. The van der Waals surface area contributed by atoms with E-state index in [-0.39, 0.29) is 11.9 Å². The Kier molecular flexibility index (Phi) is 5.02. The molecule has 1 aliphatic rings. The molecule has 0 spiro atoms. The van der Waals surface area contributed by atoms with Gasteiger partial charge in [-0.3, -0.25) is 4.79 Å². The fourth-order valence-electron chi connectivity index (χ4n) is 3.29. The first-order valence-corrected chi connectivity index (χ1v) is 9.21. The molecule has 1 saturated heterocycles. The number of aromatic nitrogens is 4. The van der Waals surface area contributed by atoms with E-state index in [0.29, 0.717) is 22.8 Å². The number of benzene rings is 1. The van der Waals surface area contributed by atoms with Gasteiger partial charge < -0.3 is 10.2 Å². The molecule has 0 radical (unpaired) electrons. The number of piperidine rings is 1. The highest BCUT2D eigenvalue weighted by Gasteiger charge is 2.26. The average molecular weight is 383 g/mol. The molecule has 0 unspecified atom stereocenters. The average Bonchev–Trinajstić information content (AvgIpc) is 3.24. The fraction of sp³-hybridized carbons (Fsp3) is 0.263. The maximum atomic E-state index is 13.2. The van der Waals surface area contributed by atoms with Crippen LogP contribution in [0.2, 0.25) is 5.02 Å². The maximum Gasteiger partial charge on any atom is 0.256 e. The SMILES string of the molecule is O=C(c1ccccc1-n1nccn1)N1CCC[C@@H](Nc2ccc(Cl)cn2)C1. The molecule has 7 nitrogen and oxygen atoms in total. The smallest absolute Gasteiger partial charge is 0.256 e. The van der Waals surface area contributed by atoms with Gasteiger partial charge in [-0.2, -0.15) is 15.0 Å². The molecule has 1 aromatic carbocycles. The normalized spacial score (nSPS) is 16.9. The van der Waals surface area contributed by atoms with Gasteiger partial charge in [-0.15, -0.1) is 0 Å². The number of pyridine rings is 1. The van der Waals surface area contributed by atoms with Gasteiger partial charge in [0.05, 0.1) is 28.7 Å². The molecular weight excluding hydrogens is 364 g/mol. The summed E-state index contributed by atoms with van der Waals surface area (Å²) in [5, 5.41) is 12.3. The highest BCUT2D eigenvalue weighted by atomic mass is 35.5. The minimum Gasteiger partial charge on any atom is -0.366 e. The number of nitrogens with zero attached hydrogens (tertiary/aromatic N) is 5. The number of anilines is 1. The molecule has 138 valence electrons. The number of hydrogen-bond donors (Lipinski definition) is 1. The third kappa shape index (κ3) is 3.93. The van der Waals surface area contributed by atoms with Crippen molar-refractivity contribution in [3.8, 4) is 5.69 Å². The molecule has 4 rings (SSSR count). The summed E-state index contributed by atoms with van der Waals surface area (Å²) in [6, 6.07) is 11.2. The Hall–Kier alpha value is -2.93. The summed E-state index contributed by atoms with van der Waals surface area (Å²) < 4.78 is 0. The number of nitrogens with one attached hydrogen (secondary N) is 1. The van der Waals surface area contributed by atoms with E-state index in [0.717, 1.165) is 25.2 Å². The summed E-state index contributed by atoms with van der Waals surface area (Å²) in [6.45, 7) is 1.34. The Morgan fingerprint density at radius 2 is 1.96 bits per heavy atom. The quantitative estimate of drug-likeness (QED) is 0.750. The molecule has 0 aliphatic carbocycles. The van der Waals surface area contributed by atoms with Crippen LogP contribution in [0.4, 0.5) is 5.82 Å². The lowest BCUT2D eigenvalue weighted by Gasteiger charge is -2.33. The molecule has 8 heteroatoms. The predicted molar refractivity (Wildman–Crippen MR) is 103 cm³/mol. The van der Waals surface area contributed by atoms with Crippen LogP contribution in [-0.2, 0) is 0 Å². The number of likely N-dealkylation sites (tertiary alicyclic amines) is 1. The zero-order valence-electron chi connectivity index (χ0n) is 14.6. The van der Waals surface area contributed by atoms with E-state index in [1.54, 1.807) is 24.7 Å². The molecule has 3 heterocycles. The molecule has 27 heavy (non-hydrogen) atoms. The molecule has 1 amide bonds. The molecule has 1 atom stereocenters. The van der Waals surface area contributed by atoms with Crippen LogP contribution in [0.1, 0.15) is 23.2 Å². The van der Waals surface area contributed by atoms with Crippen LogP contribution in [0, 0.1) is 0 Å². The summed E-state index contributed by atoms with van der Waals surface area (Å²) in [7, 11) is 0. The van der Waals surface area contributed by atoms with Crippen molar-refractivity contribution in [2.45, 2.75) is 18.9 Å². The monoisotopic (exact) mass is 382 g/mol. The minimum absolute atomic E-state index is 0.0153. The molecule has 1 aliphatic heterocycles. The molecule has 1 fully saturated rings. The maximum absolute atomic E-state index is 13.2. The predicted octanol–water partition coefficient (Wildman–Crippen LogP) is 3.03. The Morgan fingerprint density at radius 3 is 2.74 bits per heavy atom. The Labute approximate surface area is 162 Å². The van der Waals surface area contributed by atoms with Gasteiger partial charge >= 0.3 is 0 Å². The first kappa shape index (κ1) is 17.5. The third-order valence-corrected chi connectivity index (χ3v) is 4.78. The number of amides is 1. The van der Waals surface area contributed by atoms with Gasteiger partial charge in [0.15, 0.2) is 0 Å². The van der Waals surface area contributed by atoms with Crippen molar-refractivity contribution < 1.29 is 4.79 Å². The van der Waals surface area contributed by atoms with Crippen LogP contribution in [0.15, 0.2) is 55.0 Å². The van der Waals surface area contributed by atoms with Crippen molar-refractivity contribution in [3.05, 3.63) is 65.6 Å². The largest absolute Gasteiger partial charge is 0.366 e. The van der Waals surface area contributed by atoms with Crippen LogP contribution in [0.3, 0.4) is 0 Å². The van der Waals surface area contributed by atoms with Crippen LogP contribution < -0.4 is 5.32 Å². The minimum atomic E-state index is -0.0153. The standard InChI is InChI=1S/C19H19ClN6O/c20-14-7-8-18(21-12-14)24-15-4-3-11-25(13-15)19(27)16-5-1-2-6-17(16)26-22-9-10-23-26/h1-2,5-10,12,15H,3-4,11,13H2,(H,21,24)/t15-/m1/s1. The highest BCUT2D eigenvalue weighted by molar-refractivity contribution is 6.30. The van der Waals surface area contributed by atoms with Crippen molar-refractivity contribution in [1.29, 1.82) is 0 Å². The summed E-state index contributed by atoms with van der Waals surface area (Å²) in [5.74, 6) is 0.748. The van der Waals surface area contributed by atoms with Gasteiger partial charge in [0.2, 0.25) is 0 Å². The molecule has 2 aromatic heterocycles. The van der Waals surface area contributed by atoms with Gasteiger partial charge in [-0.05, 0) is 37.1 Å². The van der Waals surface area contributed by atoms with E-state index in [2.05, 4.69) is 20.5 Å². The van der Waals surface area contributed by atoms with Crippen molar-refractivity contribution in [2.75, 3.05) is 18.4 Å². The lowest BCUT2D eigenvalue weighted by Crippen LogP contribution is -2.45. The highest BCUT2D eigenvalue weighted by Crippen LogP contribution is 2.20. The lowest BCUT2D eigenvalue weighted by molar-refractivity contribution is 0.0714. The number of carbonyl (C=O) groups is 1. The first-order valence-electron chi connectivity index (χ1n) is 8.84. The Balaban J connectivity index is 1.50. The van der Waals surface area contributed by atoms with Crippen LogP contribution in [0.25, 0.3) is 5.69 Å². The summed E-state index contributed by atoms with van der Waals surface area (Å²) in [4.78, 5) is 20.8. The van der Waals surface area contributed by atoms with Crippen LogP contribution >= 0.6 is 11.6 Å². The van der Waals surface area contributed by atoms with Gasteiger partial charge in [0.25, 0.3) is 5.91 Å². The summed E-state index contributed by atoms with van der Waals surface area (Å²) >= 11 is 5.89. The third-order valence-electron chi connectivity index (χ3n) is 4.56. The van der Waals surface area contributed by atoms with E-state index in [1.165, 1.54) is 4.80 Å². The zero-order chi connectivity index (χ0) is 18.6. The van der Waals surface area contributed by atoms with Gasteiger partial charge in [-0.1, -0.05) is 23.7 Å². The first-order chi connectivity index (χ1) is 13.2. The van der Waals surface area contributed by atoms with E-state index >= 15 is 0 Å². The molecule has 3 aromatic rings. The second-order valence-electron chi connectivity index (χ2n) is 6.43. The van der Waals surface area contributed by atoms with Crippen molar-refractivity contribution in [1.82, 2.24) is 24.9 Å². The van der Waals surface area contributed by atoms with E-state index < -0.39 is 0 Å². The Morgan fingerprint density at radius 1 is 1.15 bits per heavy atom. The zero-order valence-corrected chi connectivity index (χ0v) is 15.4. The Bertz CT molecular complexity index is 912. The summed E-state index contributed by atoms with van der Waals surface area (Å²) in [5.41, 5.74) is 1.28. The van der Waals surface area contributed by atoms with Crippen LogP contribution in [-0.4, -0.2) is 49.9 Å². The number of carbonyl (C=O) groups excluding carboxylic acids is 1. The van der Waals surface area contributed by atoms with E-state index in [1.807, 2.05) is 35.2 Å². The lowest BCUT2D eigenvalue weighted by atomic mass is 10.0.